The first-order valence-electron chi connectivity index (χ1n) is 12.0. The Hall–Kier alpha value is -3.62. The number of nitrogens with one attached hydrogen (secondary N) is 1. The van der Waals surface area contributed by atoms with Crippen molar-refractivity contribution < 1.29 is 23.9 Å². The van der Waals surface area contributed by atoms with Gasteiger partial charge in [0.05, 0.1) is 12.2 Å². The van der Waals surface area contributed by atoms with E-state index in [0.717, 1.165) is 18.8 Å². The number of para-hydroxylation sites is 1. The second-order valence-corrected chi connectivity index (χ2v) is 8.68. The molecule has 1 aromatic heterocycles. The van der Waals surface area contributed by atoms with Crippen molar-refractivity contribution in [2.24, 2.45) is 5.92 Å². The maximum absolute atomic E-state index is 13.3. The molecule has 1 N–H and O–H groups in total. The molecular weight excluding hydrogens is 448 g/mol. The fourth-order valence-corrected chi connectivity index (χ4v) is 3.87. The van der Waals surface area contributed by atoms with Crippen molar-refractivity contribution in [3.8, 4) is 5.75 Å². The van der Waals surface area contributed by atoms with Crippen molar-refractivity contribution in [1.82, 2.24) is 15.2 Å². The van der Waals surface area contributed by atoms with Gasteiger partial charge in [-0.25, -0.2) is 9.78 Å². The van der Waals surface area contributed by atoms with Gasteiger partial charge in [0.15, 0.2) is 6.61 Å². The van der Waals surface area contributed by atoms with Crippen LogP contribution < -0.4 is 15.0 Å². The van der Waals surface area contributed by atoms with E-state index in [1.54, 1.807) is 36.1 Å². The molecule has 1 aliphatic rings. The van der Waals surface area contributed by atoms with Gasteiger partial charge in [0.25, 0.3) is 5.91 Å². The van der Waals surface area contributed by atoms with Gasteiger partial charge in [-0.1, -0.05) is 32.0 Å². The van der Waals surface area contributed by atoms with Crippen LogP contribution >= 0.6 is 0 Å². The van der Waals surface area contributed by atoms with Crippen LogP contribution in [0.5, 0.6) is 5.75 Å². The second-order valence-electron chi connectivity index (χ2n) is 8.68. The molecule has 1 aliphatic heterocycles. The molecule has 1 saturated heterocycles. The average molecular weight is 483 g/mol. The molecule has 0 spiro atoms. The molecule has 2 amide bonds. The number of carbonyl (C=O) groups excluding carboxylic acids is 3. The van der Waals surface area contributed by atoms with Crippen molar-refractivity contribution >= 4 is 23.6 Å². The Labute approximate surface area is 206 Å². The molecular formula is C26H34N4O5. The standard InChI is InChI=1S/C26H34N4O5/c1-4-34-26(33)20-11-12-22(27-17-20)29-13-8-14-30(16-15-29)25(32)24(19(2)3)28-23(31)18-35-21-9-6-5-7-10-21/h5-7,9-12,17,19,24H,4,8,13-16,18H2,1-3H3,(H,28,31). The Bertz CT molecular complexity index is 981. The van der Waals surface area contributed by atoms with E-state index in [1.807, 2.05) is 32.0 Å². The number of ether oxygens (including phenoxy) is 2. The lowest BCUT2D eigenvalue weighted by Crippen LogP contribution is -2.52. The molecule has 1 aromatic carbocycles. The van der Waals surface area contributed by atoms with Gasteiger partial charge >= 0.3 is 5.97 Å². The van der Waals surface area contributed by atoms with Gasteiger partial charge in [-0.05, 0) is 43.5 Å². The van der Waals surface area contributed by atoms with Crippen LogP contribution in [0.2, 0.25) is 0 Å². The minimum absolute atomic E-state index is 0.0698. The third kappa shape index (κ3) is 7.43. The molecule has 2 aromatic rings. The SMILES string of the molecule is CCOC(=O)c1ccc(N2CCCN(C(=O)C(NC(=O)COc3ccccc3)C(C)C)CC2)nc1. The molecule has 0 saturated carbocycles. The molecule has 0 radical (unpaired) electrons. The molecule has 0 aliphatic carbocycles. The normalized spacial score (nSPS) is 14.7. The molecule has 35 heavy (non-hydrogen) atoms. The highest BCUT2D eigenvalue weighted by Crippen LogP contribution is 2.17. The van der Waals surface area contributed by atoms with E-state index in [-0.39, 0.29) is 24.3 Å². The smallest absolute Gasteiger partial charge is 0.339 e. The summed E-state index contributed by atoms with van der Waals surface area (Å²) in [4.78, 5) is 46.0. The van der Waals surface area contributed by atoms with Crippen LogP contribution in [0.4, 0.5) is 5.82 Å². The summed E-state index contributed by atoms with van der Waals surface area (Å²) in [5.41, 5.74) is 0.411. The van der Waals surface area contributed by atoms with Crippen molar-refractivity contribution in [2.45, 2.75) is 33.2 Å². The first-order valence-corrected chi connectivity index (χ1v) is 12.0. The maximum atomic E-state index is 13.3. The van der Waals surface area contributed by atoms with Crippen LogP contribution in [0.15, 0.2) is 48.7 Å². The Morgan fingerprint density at radius 2 is 1.80 bits per heavy atom. The summed E-state index contributed by atoms with van der Waals surface area (Å²) in [6, 6.07) is 12.0. The summed E-state index contributed by atoms with van der Waals surface area (Å²) < 4.78 is 10.5. The van der Waals surface area contributed by atoms with Crippen molar-refractivity contribution in [3.05, 3.63) is 54.2 Å². The fourth-order valence-electron chi connectivity index (χ4n) is 3.87. The fraction of sp³-hybridized carbons (Fsp3) is 0.462. The van der Waals surface area contributed by atoms with E-state index >= 15 is 0 Å². The molecule has 3 rings (SSSR count). The number of pyridine rings is 1. The van der Waals surface area contributed by atoms with Gasteiger partial charge in [0.2, 0.25) is 5.91 Å². The van der Waals surface area contributed by atoms with Crippen LogP contribution in [0.1, 0.15) is 37.6 Å². The van der Waals surface area contributed by atoms with E-state index in [1.165, 1.54) is 6.20 Å². The number of hydrogen-bond acceptors (Lipinski definition) is 7. The second kappa shape index (κ2) is 12.7. The number of benzene rings is 1. The predicted molar refractivity (Wildman–Crippen MR) is 132 cm³/mol. The first-order chi connectivity index (χ1) is 16.9. The third-order valence-corrected chi connectivity index (χ3v) is 5.75. The van der Waals surface area contributed by atoms with Crippen molar-refractivity contribution in [1.29, 1.82) is 0 Å². The summed E-state index contributed by atoms with van der Waals surface area (Å²) in [5, 5.41) is 2.85. The Kier molecular flexibility index (Phi) is 9.46. The summed E-state index contributed by atoms with van der Waals surface area (Å²) >= 11 is 0. The summed E-state index contributed by atoms with van der Waals surface area (Å²) in [6.45, 7) is 8.20. The lowest BCUT2D eigenvalue weighted by molar-refractivity contribution is -0.138. The zero-order chi connectivity index (χ0) is 25.2. The highest BCUT2D eigenvalue weighted by Gasteiger charge is 2.30. The van der Waals surface area contributed by atoms with E-state index in [2.05, 4.69) is 15.2 Å². The number of aromatic nitrogens is 1. The van der Waals surface area contributed by atoms with Gasteiger partial charge in [0.1, 0.15) is 17.6 Å². The monoisotopic (exact) mass is 482 g/mol. The largest absolute Gasteiger partial charge is 0.484 e. The number of amides is 2. The number of esters is 1. The van der Waals surface area contributed by atoms with Gasteiger partial charge in [0, 0.05) is 32.4 Å². The molecule has 9 heteroatoms. The Morgan fingerprint density at radius 3 is 2.46 bits per heavy atom. The highest BCUT2D eigenvalue weighted by molar-refractivity contribution is 5.89. The highest BCUT2D eigenvalue weighted by atomic mass is 16.5. The molecule has 9 nitrogen and oxygen atoms in total. The number of anilines is 1. The maximum Gasteiger partial charge on any atom is 0.339 e. The van der Waals surface area contributed by atoms with E-state index < -0.39 is 12.0 Å². The van der Waals surface area contributed by atoms with Crippen LogP contribution in [0, 0.1) is 5.92 Å². The molecule has 0 bridgehead atoms. The molecule has 2 heterocycles. The Balaban J connectivity index is 1.56. The number of hydrogen-bond donors (Lipinski definition) is 1. The van der Waals surface area contributed by atoms with Crippen molar-refractivity contribution in [2.75, 3.05) is 44.3 Å². The minimum Gasteiger partial charge on any atom is -0.484 e. The zero-order valence-electron chi connectivity index (χ0n) is 20.6. The molecule has 1 unspecified atom stereocenters. The summed E-state index contributed by atoms with van der Waals surface area (Å²) in [6.07, 6.45) is 2.28. The van der Waals surface area contributed by atoms with Crippen LogP contribution in [-0.2, 0) is 14.3 Å². The Morgan fingerprint density at radius 1 is 1.03 bits per heavy atom. The van der Waals surface area contributed by atoms with E-state index in [4.69, 9.17) is 9.47 Å². The third-order valence-electron chi connectivity index (χ3n) is 5.75. The lowest BCUT2D eigenvalue weighted by Gasteiger charge is -2.29. The predicted octanol–water partition coefficient (Wildman–Crippen LogP) is 2.52. The molecule has 188 valence electrons. The number of rotatable bonds is 9. The van der Waals surface area contributed by atoms with Crippen molar-refractivity contribution in [3.63, 3.8) is 0 Å². The molecule has 1 atom stereocenters. The number of carbonyl (C=O) groups is 3. The summed E-state index contributed by atoms with van der Waals surface area (Å²) in [5.74, 6) is 0.462. The van der Waals surface area contributed by atoms with Gasteiger partial charge in [-0.2, -0.15) is 0 Å². The van der Waals surface area contributed by atoms with Crippen LogP contribution in [0.3, 0.4) is 0 Å². The lowest BCUT2D eigenvalue weighted by atomic mass is 10.0. The topological polar surface area (TPSA) is 101 Å². The zero-order valence-corrected chi connectivity index (χ0v) is 20.6. The van der Waals surface area contributed by atoms with Gasteiger partial charge in [-0.3, -0.25) is 9.59 Å². The molecule has 1 fully saturated rings. The van der Waals surface area contributed by atoms with Gasteiger partial charge in [-0.15, -0.1) is 0 Å². The minimum atomic E-state index is -0.629. The average Bonchev–Trinajstić information content (AvgIpc) is 3.13. The van der Waals surface area contributed by atoms with Crippen LogP contribution in [0.25, 0.3) is 0 Å². The first kappa shape index (κ1) is 26.0. The van der Waals surface area contributed by atoms with E-state index in [9.17, 15) is 14.4 Å². The quantitative estimate of drug-likeness (QED) is 0.548. The van der Waals surface area contributed by atoms with Gasteiger partial charge < -0.3 is 24.6 Å². The van der Waals surface area contributed by atoms with E-state index in [0.29, 0.717) is 37.6 Å². The number of nitrogens with zero attached hydrogens (tertiary/aromatic N) is 3. The van der Waals surface area contributed by atoms with Crippen LogP contribution in [-0.4, -0.2) is 73.1 Å². The summed E-state index contributed by atoms with van der Waals surface area (Å²) in [7, 11) is 0.